The number of hydrogen-bond donors (Lipinski definition) is 2. The number of carbonyl (C=O) groups excluding carboxylic acids is 1. The number of carboxylic acids is 2. The smallest absolute Gasteiger partial charge is 0.327 e. The van der Waals surface area contributed by atoms with E-state index < -0.39 is 30.3 Å². The van der Waals surface area contributed by atoms with Crippen LogP contribution in [-0.4, -0.2) is 43.3 Å². The van der Waals surface area contributed by atoms with Gasteiger partial charge in [0, 0.05) is 5.03 Å². The number of thiocarbonyl (C=S) groups is 1. The van der Waals surface area contributed by atoms with Crippen molar-refractivity contribution < 1.29 is 24.6 Å². The van der Waals surface area contributed by atoms with E-state index in [2.05, 4.69) is 0 Å². The normalized spacial score (nSPS) is 17.9. The maximum atomic E-state index is 12.4. The second-order valence-electron chi connectivity index (χ2n) is 4.94. The van der Waals surface area contributed by atoms with E-state index >= 15 is 0 Å². The van der Waals surface area contributed by atoms with Gasteiger partial charge in [0.2, 0.25) is 0 Å². The maximum absolute atomic E-state index is 12.4. The zero-order valence-electron chi connectivity index (χ0n) is 12.6. The lowest BCUT2D eigenvalue weighted by molar-refractivity contribution is -0.150. The molecule has 9 heteroatoms. The third-order valence-electron chi connectivity index (χ3n) is 3.16. The van der Waals surface area contributed by atoms with Crippen LogP contribution in [0.15, 0.2) is 46.3 Å². The van der Waals surface area contributed by atoms with Gasteiger partial charge in [-0.05, 0) is 17.7 Å². The molecular formula is C16H12ClNO5S2. The summed E-state index contributed by atoms with van der Waals surface area (Å²) in [4.78, 5) is 35.5. The molecule has 25 heavy (non-hydrogen) atoms. The van der Waals surface area contributed by atoms with Crippen molar-refractivity contribution in [1.82, 2.24) is 4.90 Å². The van der Waals surface area contributed by atoms with E-state index in [1.165, 1.54) is 6.08 Å². The number of hydrogen-bond acceptors (Lipinski definition) is 5. The molecule has 1 saturated heterocycles. The maximum Gasteiger partial charge on any atom is 0.327 e. The van der Waals surface area contributed by atoms with Crippen molar-refractivity contribution in [3.63, 3.8) is 0 Å². The van der Waals surface area contributed by atoms with E-state index in [4.69, 9.17) is 28.9 Å². The van der Waals surface area contributed by atoms with Crippen molar-refractivity contribution in [2.75, 3.05) is 0 Å². The molecule has 0 radical (unpaired) electrons. The van der Waals surface area contributed by atoms with E-state index in [-0.39, 0.29) is 14.3 Å². The minimum atomic E-state index is -1.56. The summed E-state index contributed by atoms with van der Waals surface area (Å²) in [7, 11) is 0. The van der Waals surface area contributed by atoms with Gasteiger partial charge < -0.3 is 10.2 Å². The number of carboxylic acid groups (broad SMARTS) is 2. The molecule has 0 aliphatic carbocycles. The van der Waals surface area contributed by atoms with Crippen LogP contribution in [0.3, 0.4) is 0 Å². The monoisotopic (exact) mass is 397 g/mol. The molecule has 1 amide bonds. The molecule has 0 unspecified atom stereocenters. The van der Waals surface area contributed by atoms with Crippen molar-refractivity contribution in [3.8, 4) is 0 Å². The lowest BCUT2D eigenvalue weighted by atomic mass is 10.2. The highest BCUT2D eigenvalue weighted by Crippen LogP contribution is 2.34. The summed E-state index contributed by atoms with van der Waals surface area (Å²) in [5.41, 5.74) is 0.827. The van der Waals surface area contributed by atoms with Crippen LogP contribution < -0.4 is 0 Å². The number of carbonyl (C=O) groups is 3. The van der Waals surface area contributed by atoms with Crippen LogP contribution in [0, 0.1) is 0 Å². The molecule has 1 heterocycles. The van der Waals surface area contributed by atoms with Crippen LogP contribution in [0.1, 0.15) is 12.0 Å². The molecule has 1 aromatic rings. The Morgan fingerprint density at radius 2 is 1.92 bits per heavy atom. The largest absolute Gasteiger partial charge is 0.481 e. The molecule has 2 rings (SSSR count). The summed E-state index contributed by atoms with van der Waals surface area (Å²) in [6, 6.07) is 7.61. The Hall–Kier alpha value is -2.16. The van der Waals surface area contributed by atoms with Crippen LogP contribution >= 0.6 is 35.6 Å². The molecule has 130 valence electrons. The Bertz CT molecular complexity index is 791. The van der Waals surface area contributed by atoms with Crippen LogP contribution in [0.5, 0.6) is 0 Å². The van der Waals surface area contributed by atoms with E-state index in [0.717, 1.165) is 22.2 Å². The predicted molar refractivity (Wildman–Crippen MR) is 99.1 cm³/mol. The highest BCUT2D eigenvalue weighted by atomic mass is 35.5. The molecule has 1 atom stereocenters. The first kappa shape index (κ1) is 19.2. The number of thioether (sulfide) groups is 1. The summed E-state index contributed by atoms with van der Waals surface area (Å²) >= 11 is 12.0. The van der Waals surface area contributed by atoms with Gasteiger partial charge in [0.1, 0.15) is 10.4 Å². The van der Waals surface area contributed by atoms with E-state index in [1.807, 2.05) is 30.3 Å². The summed E-state index contributed by atoms with van der Waals surface area (Å²) < 4.78 is -0.0194. The van der Waals surface area contributed by atoms with Gasteiger partial charge in [0.05, 0.1) is 11.3 Å². The second-order valence-corrected chi connectivity index (χ2v) is 7.06. The van der Waals surface area contributed by atoms with Crippen molar-refractivity contribution in [2.45, 2.75) is 12.5 Å². The molecule has 1 fully saturated rings. The lowest BCUT2D eigenvalue weighted by Crippen LogP contribution is -2.45. The molecule has 0 saturated carbocycles. The van der Waals surface area contributed by atoms with E-state index in [1.54, 1.807) is 6.08 Å². The van der Waals surface area contributed by atoms with Crippen molar-refractivity contribution in [2.24, 2.45) is 0 Å². The second kappa shape index (κ2) is 8.28. The topological polar surface area (TPSA) is 94.9 Å². The van der Waals surface area contributed by atoms with Gasteiger partial charge in [-0.2, -0.15) is 0 Å². The van der Waals surface area contributed by atoms with E-state index in [9.17, 15) is 19.5 Å². The lowest BCUT2D eigenvalue weighted by Gasteiger charge is -2.21. The molecule has 0 spiro atoms. The fourth-order valence-electron chi connectivity index (χ4n) is 2.08. The highest BCUT2D eigenvalue weighted by Gasteiger charge is 2.41. The van der Waals surface area contributed by atoms with E-state index in [0.29, 0.717) is 0 Å². The summed E-state index contributed by atoms with van der Waals surface area (Å²) in [6.07, 6.45) is 2.27. The Kier molecular flexibility index (Phi) is 6.35. The molecule has 0 aromatic heterocycles. The highest BCUT2D eigenvalue weighted by molar-refractivity contribution is 8.26. The number of amides is 1. The first-order valence-corrected chi connectivity index (χ1v) is 8.53. The first-order valence-electron chi connectivity index (χ1n) is 6.93. The van der Waals surface area contributed by atoms with Gasteiger partial charge >= 0.3 is 11.9 Å². The molecule has 0 bridgehead atoms. The fraction of sp³-hybridized carbons (Fsp3) is 0.125. The Morgan fingerprint density at radius 3 is 2.48 bits per heavy atom. The quantitative estimate of drug-likeness (QED) is 0.562. The predicted octanol–water partition coefficient (Wildman–Crippen LogP) is 2.94. The van der Waals surface area contributed by atoms with Gasteiger partial charge in [-0.25, -0.2) is 4.79 Å². The van der Waals surface area contributed by atoms with Crippen molar-refractivity contribution in [3.05, 3.63) is 51.9 Å². The Labute approximate surface area is 157 Å². The van der Waals surface area contributed by atoms with Gasteiger partial charge in [-0.3, -0.25) is 14.5 Å². The SMILES string of the molecule is O=C(O)C[C@@H](C(=O)O)N1C(=O)/C(=C\C(Cl)=C\c2ccccc2)SC1=S. The molecule has 1 aromatic carbocycles. The molecular weight excluding hydrogens is 386 g/mol. The Morgan fingerprint density at radius 1 is 1.28 bits per heavy atom. The third-order valence-corrected chi connectivity index (χ3v) is 4.71. The van der Waals surface area contributed by atoms with Crippen LogP contribution in [0.4, 0.5) is 0 Å². The molecule has 1 aliphatic heterocycles. The zero-order valence-corrected chi connectivity index (χ0v) is 15.0. The number of halogens is 1. The molecule has 1 aliphatic rings. The summed E-state index contributed by atoms with van der Waals surface area (Å²) in [5.74, 6) is -3.46. The Balaban J connectivity index is 2.26. The van der Waals surface area contributed by atoms with Crippen LogP contribution in [0.2, 0.25) is 0 Å². The minimum absolute atomic E-state index is 0.0194. The number of aliphatic carboxylic acids is 2. The fourth-order valence-corrected chi connectivity index (χ4v) is 3.73. The average Bonchev–Trinajstić information content (AvgIpc) is 2.79. The average molecular weight is 398 g/mol. The first-order chi connectivity index (χ1) is 11.8. The number of rotatable bonds is 6. The summed E-state index contributed by atoms with van der Waals surface area (Å²) in [5, 5.41) is 18.3. The minimum Gasteiger partial charge on any atom is -0.481 e. The van der Waals surface area contributed by atoms with Crippen LogP contribution in [0.25, 0.3) is 6.08 Å². The van der Waals surface area contributed by atoms with Gasteiger partial charge in [-0.15, -0.1) is 0 Å². The summed E-state index contributed by atoms with van der Waals surface area (Å²) in [6.45, 7) is 0. The zero-order chi connectivity index (χ0) is 18.6. The van der Waals surface area contributed by atoms with Gasteiger partial charge in [0.25, 0.3) is 5.91 Å². The van der Waals surface area contributed by atoms with Crippen molar-refractivity contribution in [1.29, 1.82) is 0 Å². The molecule has 6 nitrogen and oxygen atoms in total. The van der Waals surface area contributed by atoms with Gasteiger partial charge in [0.15, 0.2) is 0 Å². The number of allylic oxidation sites excluding steroid dienone is 2. The van der Waals surface area contributed by atoms with Crippen molar-refractivity contribution >= 4 is 63.8 Å². The third kappa shape index (κ3) is 4.91. The number of nitrogens with zero attached hydrogens (tertiary/aromatic N) is 1. The number of benzene rings is 1. The standard InChI is InChI=1S/C16H12ClNO5S2/c17-10(6-9-4-2-1-3-5-9)7-12-14(21)18(16(24)25-12)11(15(22)23)8-13(19)20/h1-7,11H,8H2,(H,19,20)(H,22,23)/b10-6-,12-7+/t11-/m0/s1. The molecule has 2 N–H and O–H groups in total. The van der Waals surface area contributed by atoms with Gasteiger partial charge in [-0.1, -0.05) is 65.9 Å². The van der Waals surface area contributed by atoms with Crippen LogP contribution in [-0.2, 0) is 14.4 Å².